The van der Waals surface area contributed by atoms with Crippen LogP contribution in [0.2, 0.25) is 0 Å². The zero-order valence-corrected chi connectivity index (χ0v) is 14.8. The van der Waals surface area contributed by atoms with Crippen molar-refractivity contribution in [2.75, 3.05) is 5.75 Å². The van der Waals surface area contributed by atoms with E-state index in [0.29, 0.717) is 16.4 Å². The van der Waals surface area contributed by atoms with E-state index in [9.17, 15) is 4.79 Å². The SMILES string of the molecule is Cc1ccc(C(=O)CSc2nnc3ccc(-c4ccncc4)nn23)cc1. The first kappa shape index (κ1) is 16.4. The Bertz CT molecular complexity index is 1060. The van der Waals surface area contributed by atoms with Crippen LogP contribution < -0.4 is 0 Å². The molecule has 0 aliphatic carbocycles. The summed E-state index contributed by atoms with van der Waals surface area (Å²) >= 11 is 1.33. The van der Waals surface area contributed by atoms with Crippen molar-refractivity contribution in [3.05, 3.63) is 72.1 Å². The second-order valence-electron chi connectivity index (χ2n) is 5.78. The van der Waals surface area contributed by atoms with Gasteiger partial charge in [0.15, 0.2) is 11.4 Å². The minimum absolute atomic E-state index is 0.0528. The second kappa shape index (κ2) is 7.05. The molecule has 0 radical (unpaired) electrons. The molecule has 0 N–H and O–H groups in total. The maximum Gasteiger partial charge on any atom is 0.212 e. The van der Waals surface area contributed by atoms with Gasteiger partial charge in [0.25, 0.3) is 0 Å². The van der Waals surface area contributed by atoms with Crippen LogP contribution in [0.1, 0.15) is 15.9 Å². The van der Waals surface area contributed by atoms with Gasteiger partial charge in [-0.3, -0.25) is 9.78 Å². The molecule has 0 fully saturated rings. The van der Waals surface area contributed by atoms with E-state index >= 15 is 0 Å². The average molecular weight is 361 g/mol. The third kappa shape index (κ3) is 3.34. The van der Waals surface area contributed by atoms with Gasteiger partial charge < -0.3 is 0 Å². The minimum Gasteiger partial charge on any atom is -0.293 e. The Kier molecular flexibility index (Phi) is 4.45. The maximum absolute atomic E-state index is 12.4. The van der Waals surface area contributed by atoms with Crippen LogP contribution in [-0.2, 0) is 0 Å². The zero-order valence-electron chi connectivity index (χ0n) is 14.0. The van der Waals surface area contributed by atoms with Crippen LogP contribution in [0.15, 0.2) is 66.1 Å². The van der Waals surface area contributed by atoms with Gasteiger partial charge in [-0.1, -0.05) is 41.6 Å². The van der Waals surface area contributed by atoms with Gasteiger partial charge >= 0.3 is 0 Å². The Hall–Kier alpha value is -3.06. The van der Waals surface area contributed by atoms with Crippen molar-refractivity contribution >= 4 is 23.2 Å². The number of ketones is 1. The molecule has 0 spiro atoms. The number of thioether (sulfide) groups is 1. The largest absolute Gasteiger partial charge is 0.293 e. The summed E-state index contributed by atoms with van der Waals surface area (Å²) in [6, 6.07) is 15.1. The highest BCUT2D eigenvalue weighted by atomic mass is 32.2. The van der Waals surface area contributed by atoms with Crippen LogP contribution in [-0.4, -0.2) is 36.3 Å². The van der Waals surface area contributed by atoms with Crippen molar-refractivity contribution in [1.29, 1.82) is 0 Å². The standard InChI is InChI=1S/C19H15N5OS/c1-13-2-4-15(5-3-13)17(25)12-26-19-22-21-18-7-6-16(23-24(18)19)14-8-10-20-11-9-14/h2-11H,12H2,1H3. The summed E-state index contributed by atoms with van der Waals surface area (Å²) in [7, 11) is 0. The number of hydrogen-bond donors (Lipinski definition) is 0. The van der Waals surface area contributed by atoms with Crippen LogP contribution in [0, 0.1) is 6.92 Å². The topological polar surface area (TPSA) is 73.0 Å². The highest BCUT2D eigenvalue weighted by molar-refractivity contribution is 7.99. The lowest BCUT2D eigenvalue weighted by Crippen LogP contribution is -2.04. The van der Waals surface area contributed by atoms with Crippen molar-refractivity contribution < 1.29 is 4.79 Å². The molecule has 26 heavy (non-hydrogen) atoms. The first-order valence-electron chi connectivity index (χ1n) is 8.06. The zero-order chi connectivity index (χ0) is 17.9. The molecule has 0 aliphatic heterocycles. The number of carbonyl (C=O) groups excluding carboxylic acids is 1. The molecule has 128 valence electrons. The van der Waals surface area contributed by atoms with Crippen LogP contribution >= 0.6 is 11.8 Å². The number of rotatable bonds is 5. The second-order valence-corrected chi connectivity index (χ2v) is 6.73. The number of benzene rings is 1. The average Bonchev–Trinajstić information content (AvgIpc) is 3.09. The van der Waals surface area contributed by atoms with Gasteiger partial charge in [-0.25, -0.2) is 0 Å². The van der Waals surface area contributed by atoms with Gasteiger partial charge in [0, 0.05) is 23.5 Å². The molecule has 0 saturated heterocycles. The summed E-state index contributed by atoms with van der Waals surface area (Å²) < 4.78 is 1.67. The predicted molar refractivity (Wildman–Crippen MR) is 100 cm³/mol. The van der Waals surface area contributed by atoms with Gasteiger partial charge in [-0.2, -0.15) is 9.61 Å². The first-order valence-corrected chi connectivity index (χ1v) is 9.05. The molecule has 0 bridgehead atoms. The van der Waals surface area contributed by atoms with E-state index in [-0.39, 0.29) is 11.5 Å². The minimum atomic E-state index is 0.0528. The lowest BCUT2D eigenvalue weighted by molar-refractivity contribution is 0.102. The number of nitrogens with zero attached hydrogens (tertiary/aromatic N) is 5. The molecule has 0 aliphatic rings. The molecular formula is C19H15N5OS. The Balaban J connectivity index is 1.57. The molecule has 3 heterocycles. The van der Waals surface area contributed by atoms with E-state index in [2.05, 4.69) is 20.3 Å². The smallest absolute Gasteiger partial charge is 0.212 e. The summed E-state index contributed by atoms with van der Waals surface area (Å²) in [5, 5.41) is 13.5. The normalized spacial score (nSPS) is 11.0. The molecule has 0 atom stereocenters. The summed E-state index contributed by atoms with van der Waals surface area (Å²) in [5.41, 5.74) is 4.23. The fourth-order valence-electron chi connectivity index (χ4n) is 2.49. The van der Waals surface area contributed by atoms with Crippen molar-refractivity contribution in [2.45, 2.75) is 12.1 Å². The Morgan fingerprint density at radius 1 is 1.00 bits per heavy atom. The summed E-state index contributed by atoms with van der Waals surface area (Å²) in [5.74, 6) is 0.336. The van der Waals surface area contributed by atoms with E-state index in [4.69, 9.17) is 0 Å². The van der Waals surface area contributed by atoms with Crippen molar-refractivity contribution in [2.24, 2.45) is 0 Å². The summed E-state index contributed by atoms with van der Waals surface area (Å²) in [6.07, 6.45) is 3.45. The van der Waals surface area contributed by atoms with Gasteiger partial charge in [0.05, 0.1) is 11.4 Å². The molecule has 3 aromatic heterocycles. The van der Waals surface area contributed by atoms with E-state index in [1.54, 1.807) is 16.9 Å². The number of aromatic nitrogens is 5. The predicted octanol–water partition coefficient (Wildman–Crippen LogP) is 3.47. The van der Waals surface area contributed by atoms with Crippen molar-refractivity contribution in [3.8, 4) is 11.3 Å². The quantitative estimate of drug-likeness (QED) is 0.400. The number of fused-ring (bicyclic) bond motifs is 1. The Morgan fingerprint density at radius 3 is 2.54 bits per heavy atom. The van der Waals surface area contributed by atoms with E-state index in [1.165, 1.54) is 11.8 Å². The number of Topliss-reactive ketones (excluding diaryl/α,β-unsaturated/α-hetero) is 1. The van der Waals surface area contributed by atoms with E-state index < -0.39 is 0 Å². The lowest BCUT2D eigenvalue weighted by atomic mass is 10.1. The van der Waals surface area contributed by atoms with Gasteiger partial charge in [-0.15, -0.1) is 10.2 Å². The molecule has 7 heteroatoms. The highest BCUT2D eigenvalue weighted by Gasteiger charge is 2.12. The molecule has 4 rings (SSSR count). The van der Waals surface area contributed by atoms with Gasteiger partial charge in [-0.05, 0) is 31.2 Å². The third-order valence-corrected chi connectivity index (χ3v) is 4.84. The number of aryl methyl sites for hydroxylation is 1. The highest BCUT2D eigenvalue weighted by Crippen LogP contribution is 2.21. The van der Waals surface area contributed by atoms with Crippen LogP contribution in [0.4, 0.5) is 0 Å². The summed E-state index contributed by atoms with van der Waals surface area (Å²) in [6.45, 7) is 2.00. The number of hydrogen-bond acceptors (Lipinski definition) is 6. The lowest BCUT2D eigenvalue weighted by Gasteiger charge is -2.03. The van der Waals surface area contributed by atoms with Crippen molar-refractivity contribution in [1.82, 2.24) is 24.8 Å². The molecule has 0 unspecified atom stereocenters. The fraction of sp³-hybridized carbons (Fsp3) is 0.105. The molecule has 6 nitrogen and oxygen atoms in total. The molecule has 4 aromatic rings. The van der Waals surface area contributed by atoms with E-state index in [0.717, 1.165) is 16.8 Å². The van der Waals surface area contributed by atoms with Crippen LogP contribution in [0.5, 0.6) is 0 Å². The molecular weight excluding hydrogens is 346 g/mol. The molecule has 0 amide bonds. The fourth-order valence-corrected chi connectivity index (χ4v) is 3.27. The van der Waals surface area contributed by atoms with Crippen LogP contribution in [0.3, 0.4) is 0 Å². The monoisotopic (exact) mass is 361 g/mol. The Morgan fingerprint density at radius 2 is 1.77 bits per heavy atom. The molecule has 1 aromatic carbocycles. The number of carbonyl (C=O) groups is 1. The first-order chi connectivity index (χ1) is 12.7. The third-order valence-electron chi connectivity index (χ3n) is 3.92. The van der Waals surface area contributed by atoms with Gasteiger partial charge in [0.2, 0.25) is 5.16 Å². The van der Waals surface area contributed by atoms with E-state index in [1.807, 2.05) is 55.5 Å². The molecule has 0 saturated carbocycles. The Labute approximate surface area is 154 Å². The van der Waals surface area contributed by atoms with Gasteiger partial charge in [0.1, 0.15) is 0 Å². The summed E-state index contributed by atoms with van der Waals surface area (Å²) in [4.78, 5) is 16.4. The maximum atomic E-state index is 12.4. The number of pyridine rings is 1. The van der Waals surface area contributed by atoms with Crippen LogP contribution in [0.25, 0.3) is 16.9 Å². The van der Waals surface area contributed by atoms with Crippen molar-refractivity contribution in [3.63, 3.8) is 0 Å².